The SMILES string of the molecule is CCCCCCCCO[Si](CC)(CC)OCCCc1ccccc1. The van der Waals surface area contributed by atoms with Gasteiger partial charge in [0.1, 0.15) is 0 Å². The molecule has 0 fully saturated rings. The van der Waals surface area contributed by atoms with Gasteiger partial charge in [0.05, 0.1) is 0 Å². The molecule has 2 nitrogen and oxygen atoms in total. The number of aryl methyl sites for hydroxylation is 1. The van der Waals surface area contributed by atoms with Crippen molar-refractivity contribution < 1.29 is 8.85 Å². The molecule has 0 aliphatic carbocycles. The minimum Gasteiger partial charge on any atom is -0.394 e. The molecule has 0 spiro atoms. The highest BCUT2D eigenvalue weighted by Crippen LogP contribution is 2.20. The van der Waals surface area contributed by atoms with E-state index in [2.05, 4.69) is 51.1 Å². The molecule has 1 aromatic rings. The zero-order chi connectivity index (χ0) is 17.5. The second-order valence-corrected chi connectivity index (χ2v) is 10.5. The van der Waals surface area contributed by atoms with E-state index in [0.717, 1.165) is 38.1 Å². The van der Waals surface area contributed by atoms with Crippen molar-refractivity contribution in [2.24, 2.45) is 0 Å². The summed E-state index contributed by atoms with van der Waals surface area (Å²) in [6.45, 7) is 8.45. The monoisotopic (exact) mass is 350 g/mol. The van der Waals surface area contributed by atoms with Crippen molar-refractivity contribution in [2.45, 2.75) is 84.2 Å². The van der Waals surface area contributed by atoms with E-state index in [1.165, 1.54) is 44.1 Å². The molecule has 0 bridgehead atoms. The quantitative estimate of drug-likeness (QED) is 0.266. The molecule has 0 N–H and O–H groups in total. The largest absolute Gasteiger partial charge is 0.394 e. The lowest BCUT2D eigenvalue weighted by atomic mass is 10.1. The Kier molecular flexibility index (Phi) is 12.1. The summed E-state index contributed by atoms with van der Waals surface area (Å²) in [5.74, 6) is 0. The second kappa shape index (κ2) is 13.6. The van der Waals surface area contributed by atoms with Crippen LogP contribution in [0, 0.1) is 0 Å². The normalized spacial score (nSPS) is 11.8. The molecular formula is C21H38O2Si. The Morgan fingerprint density at radius 3 is 1.92 bits per heavy atom. The van der Waals surface area contributed by atoms with Gasteiger partial charge in [0.25, 0.3) is 0 Å². The van der Waals surface area contributed by atoms with E-state index >= 15 is 0 Å². The van der Waals surface area contributed by atoms with Gasteiger partial charge in [0.15, 0.2) is 0 Å². The summed E-state index contributed by atoms with van der Waals surface area (Å²) >= 11 is 0. The first-order valence-electron chi connectivity index (χ1n) is 10.1. The maximum atomic E-state index is 6.31. The molecule has 0 radical (unpaired) electrons. The lowest BCUT2D eigenvalue weighted by molar-refractivity contribution is 0.164. The molecular weight excluding hydrogens is 312 g/mol. The van der Waals surface area contributed by atoms with Crippen molar-refractivity contribution in [1.82, 2.24) is 0 Å². The van der Waals surface area contributed by atoms with Crippen molar-refractivity contribution in [3.8, 4) is 0 Å². The van der Waals surface area contributed by atoms with E-state index in [0.29, 0.717) is 0 Å². The Balaban J connectivity index is 2.20. The van der Waals surface area contributed by atoms with Crippen LogP contribution in [0.25, 0.3) is 0 Å². The van der Waals surface area contributed by atoms with Crippen molar-refractivity contribution >= 4 is 8.56 Å². The van der Waals surface area contributed by atoms with Crippen LogP contribution in [0.1, 0.15) is 71.3 Å². The fourth-order valence-electron chi connectivity index (χ4n) is 3.02. The van der Waals surface area contributed by atoms with Crippen LogP contribution in [0.2, 0.25) is 12.1 Å². The molecule has 0 aliphatic heterocycles. The van der Waals surface area contributed by atoms with Crippen LogP contribution >= 0.6 is 0 Å². The number of unbranched alkanes of at least 4 members (excludes halogenated alkanes) is 5. The summed E-state index contributed by atoms with van der Waals surface area (Å²) in [6, 6.07) is 12.8. The Morgan fingerprint density at radius 2 is 1.29 bits per heavy atom. The molecule has 24 heavy (non-hydrogen) atoms. The Labute approximate surface area is 151 Å². The molecule has 0 saturated heterocycles. The van der Waals surface area contributed by atoms with Crippen LogP contribution in [0.4, 0.5) is 0 Å². The molecule has 1 rings (SSSR count). The van der Waals surface area contributed by atoms with Crippen LogP contribution < -0.4 is 0 Å². The van der Waals surface area contributed by atoms with Crippen molar-refractivity contribution in [3.63, 3.8) is 0 Å². The molecule has 0 atom stereocenters. The summed E-state index contributed by atoms with van der Waals surface area (Å²) in [6.07, 6.45) is 10.1. The van der Waals surface area contributed by atoms with Crippen LogP contribution in [-0.4, -0.2) is 21.8 Å². The van der Waals surface area contributed by atoms with Gasteiger partial charge in [0.2, 0.25) is 0 Å². The zero-order valence-electron chi connectivity index (χ0n) is 16.2. The molecule has 0 saturated carbocycles. The van der Waals surface area contributed by atoms with Gasteiger partial charge in [-0.05, 0) is 36.9 Å². The Bertz CT molecular complexity index is 390. The molecule has 0 aliphatic rings. The first-order valence-corrected chi connectivity index (χ1v) is 12.3. The number of hydrogen-bond acceptors (Lipinski definition) is 2. The summed E-state index contributed by atoms with van der Waals surface area (Å²) in [7, 11) is -1.96. The van der Waals surface area contributed by atoms with Gasteiger partial charge in [-0.1, -0.05) is 83.2 Å². The minimum atomic E-state index is -1.96. The van der Waals surface area contributed by atoms with Crippen molar-refractivity contribution in [2.75, 3.05) is 13.2 Å². The van der Waals surface area contributed by atoms with Crippen LogP contribution in [0.5, 0.6) is 0 Å². The summed E-state index contributed by atoms with van der Waals surface area (Å²) in [5, 5.41) is 0. The first-order chi connectivity index (χ1) is 11.8. The van der Waals surface area contributed by atoms with E-state index in [-0.39, 0.29) is 0 Å². The predicted molar refractivity (Wildman–Crippen MR) is 107 cm³/mol. The average molecular weight is 351 g/mol. The van der Waals surface area contributed by atoms with Gasteiger partial charge in [0, 0.05) is 13.2 Å². The topological polar surface area (TPSA) is 18.5 Å². The maximum absolute atomic E-state index is 6.31. The Hall–Kier alpha value is -0.643. The van der Waals surface area contributed by atoms with Gasteiger partial charge in [-0.25, -0.2) is 0 Å². The van der Waals surface area contributed by atoms with Crippen molar-refractivity contribution in [1.29, 1.82) is 0 Å². The summed E-state index contributed by atoms with van der Waals surface area (Å²) < 4.78 is 12.6. The molecule has 0 aromatic heterocycles. The summed E-state index contributed by atoms with van der Waals surface area (Å²) in [5.41, 5.74) is 1.40. The van der Waals surface area contributed by atoms with Gasteiger partial charge < -0.3 is 8.85 Å². The lowest BCUT2D eigenvalue weighted by Crippen LogP contribution is -2.41. The molecule has 0 amide bonds. The first kappa shape index (κ1) is 21.4. The minimum absolute atomic E-state index is 0.833. The predicted octanol–water partition coefficient (Wildman–Crippen LogP) is 6.49. The van der Waals surface area contributed by atoms with Gasteiger partial charge in [-0.3, -0.25) is 0 Å². The third-order valence-electron chi connectivity index (χ3n) is 4.76. The highest BCUT2D eigenvalue weighted by Gasteiger charge is 2.33. The van der Waals surface area contributed by atoms with Gasteiger partial charge >= 0.3 is 8.56 Å². The van der Waals surface area contributed by atoms with Crippen molar-refractivity contribution in [3.05, 3.63) is 35.9 Å². The molecule has 138 valence electrons. The summed E-state index contributed by atoms with van der Waals surface area (Å²) in [4.78, 5) is 0. The van der Waals surface area contributed by atoms with E-state index in [4.69, 9.17) is 8.85 Å². The average Bonchev–Trinajstić information content (AvgIpc) is 2.64. The Morgan fingerprint density at radius 1 is 0.708 bits per heavy atom. The van der Waals surface area contributed by atoms with Crippen LogP contribution in [-0.2, 0) is 15.3 Å². The lowest BCUT2D eigenvalue weighted by Gasteiger charge is -2.29. The van der Waals surface area contributed by atoms with Gasteiger partial charge in [-0.15, -0.1) is 0 Å². The third-order valence-corrected chi connectivity index (χ3v) is 8.37. The van der Waals surface area contributed by atoms with Crippen LogP contribution in [0.15, 0.2) is 30.3 Å². The maximum Gasteiger partial charge on any atom is 0.337 e. The second-order valence-electron chi connectivity index (χ2n) is 6.67. The third kappa shape index (κ3) is 9.00. The smallest absolute Gasteiger partial charge is 0.337 e. The van der Waals surface area contributed by atoms with E-state index in [1.54, 1.807) is 0 Å². The highest BCUT2D eigenvalue weighted by molar-refractivity contribution is 6.67. The van der Waals surface area contributed by atoms with E-state index in [9.17, 15) is 0 Å². The molecule has 1 aromatic carbocycles. The molecule has 3 heteroatoms. The molecule has 0 unspecified atom stereocenters. The van der Waals surface area contributed by atoms with E-state index < -0.39 is 8.56 Å². The number of benzene rings is 1. The van der Waals surface area contributed by atoms with Gasteiger partial charge in [-0.2, -0.15) is 0 Å². The fraction of sp³-hybridized carbons (Fsp3) is 0.714. The fourth-order valence-corrected chi connectivity index (χ4v) is 5.45. The standard InChI is InChI=1S/C21H38O2Si/c1-4-7-8-9-10-14-19-22-24(5-2,6-3)23-20-15-18-21-16-12-11-13-17-21/h11-13,16-17H,4-10,14-15,18-20H2,1-3H3. The highest BCUT2D eigenvalue weighted by atomic mass is 28.4. The number of hydrogen-bond donors (Lipinski definition) is 0. The van der Waals surface area contributed by atoms with Crippen LogP contribution in [0.3, 0.4) is 0 Å². The molecule has 0 heterocycles. The van der Waals surface area contributed by atoms with E-state index in [1.807, 2.05) is 0 Å². The number of rotatable bonds is 15. The zero-order valence-corrected chi connectivity index (χ0v) is 17.2.